The van der Waals surface area contributed by atoms with Crippen molar-refractivity contribution in [2.45, 2.75) is 19.1 Å². The van der Waals surface area contributed by atoms with E-state index in [0.717, 1.165) is 16.7 Å². The van der Waals surface area contributed by atoms with Gasteiger partial charge in [-0.1, -0.05) is 54.6 Å². The maximum atomic E-state index is 11.5. The van der Waals surface area contributed by atoms with Gasteiger partial charge < -0.3 is 5.11 Å². The Morgan fingerprint density at radius 2 is 1.79 bits per heavy atom. The number of benzene rings is 2. The fourth-order valence-electron chi connectivity index (χ4n) is 2.71. The van der Waals surface area contributed by atoms with Crippen LogP contribution in [0.25, 0.3) is 0 Å². The Bertz CT molecular complexity index is 595. The molecule has 2 aromatic rings. The molecule has 2 aromatic carbocycles. The molecule has 0 unspecified atom stereocenters. The number of hydrogen-bond donors (Lipinski definition) is 1. The number of hydrogen-bond acceptors (Lipinski definition) is 2. The van der Waals surface area contributed by atoms with Crippen LogP contribution >= 0.6 is 0 Å². The maximum Gasteiger partial charge on any atom is 0.325 e. The van der Waals surface area contributed by atoms with Crippen molar-refractivity contribution in [2.75, 3.05) is 0 Å². The largest absolute Gasteiger partial charge is 0.480 e. The van der Waals surface area contributed by atoms with Crippen LogP contribution in [0, 0.1) is 0 Å². The normalized spacial score (nSPS) is 18.2. The maximum absolute atomic E-state index is 11.5. The van der Waals surface area contributed by atoms with Crippen LogP contribution in [0.15, 0.2) is 54.6 Å². The zero-order valence-electron chi connectivity index (χ0n) is 10.5. The molecule has 1 atom stereocenters. The molecule has 3 heteroatoms. The van der Waals surface area contributed by atoms with Crippen molar-refractivity contribution in [3.05, 3.63) is 71.3 Å². The first kappa shape index (κ1) is 11.9. The highest BCUT2D eigenvalue weighted by Crippen LogP contribution is 2.34. The fourth-order valence-corrected chi connectivity index (χ4v) is 2.71. The lowest BCUT2D eigenvalue weighted by Gasteiger charge is -2.21. The van der Waals surface area contributed by atoms with E-state index in [0.29, 0.717) is 13.1 Å². The monoisotopic (exact) mass is 253 g/mol. The number of carbonyl (C=O) groups is 1. The molecule has 1 aliphatic rings. The summed E-state index contributed by atoms with van der Waals surface area (Å²) < 4.78 is 0. The average molecular weight is 253 g/mol. The summed E-state index contributed by atoms with van der Waals surface area (Å²) >= 11 is 0. The molecule has 1 N–H and O–H groups in total. The van der Waals surface area contributed by atoms with E-state index in [2.05, 4.69) is 0 Å². The van der Waals surface area contributed by atoms with Crippen molar-refractivity contribution in [3.8, 4) is 0 Å². The molecular weight excluding hydrogens is 238 g/mol. The Hall–Kier alpha value is -2.13. The van der Waals surface area contributed by atoms with Crippen molar-refractivity contribution in [1.29, 1.82) is 0 Å². The number of carboxylic acid groups (broad SMARTS) is 1. The quantitative estimate of drug-likeness (QED) is 0.914. The van der Waals surface area contributed by atoms with E-state index >= 15 is 0 Å². The van der Waals surface area contributed by atoms with Crippen molar-refractivity contribution < 1.29 is 9.90 Å². The third-order valence-electron chi connectivity index (χ3n) is 3.55. The Labute approximate surface area is 112 Å². The lowest BCUT2D eigenvalue weighted by atomic mass is 10.1. The van der Waals surface area contributed by atoms with Crippen molar-refractivity contribution in [2.24, 2.45) is 0 Å². The van der Waals surface area contributed by atoms with E-state index in [1.54, 1.807) is 0 Å². The minimum Gasteiger partial charge on any atom is -0.480 e. The highest BCUT2D eigenvalue weighted by atomic mass is 16.4. The summed E-state index contributed by atoms with van der Waals surface area (Å²) in [5.41, 5.74) is 3.18. The topological polar surface area (TPSA) is 40.5 Å². The van der Waals surface area contributed by atoms with E-state index in [9.17, 15) is 9.90 Å². The molecule has 0 radical (unpaired) electrons. The van der Waals surface area contributed by atoms with Crippen LogP contribution in [0.5, 0.6) is 0 Å². The van der Waals surface area contributed by atoms with Gasteiger partial charge in [-0.3, -0.25) is 9.69 Å². The highest BCUT2D eigenvalue weighted by molar-refractivity contribution is 5.77. The van der Waals surface area contributed by atoms with Crippen LogP contribution in [0.4, 0.5) is 0 Å². The van der Waals surface area contributed by atoms with E-state index in [4.69, 9.17) is 0 Å². The molecule has 0 amide bonds. The summed E-state index contributed by atoms with van der Waals surface area (Å²) in [5.74, 6) is -0.777. The fraction of sp³-hybridized carbons (Fsp3) is 0.188. The van der Waals surface area contributed by atoms with Crippen LogP contribution in [0.2, 0.25) is 0 Å². The van der Waals surface area contributed by atoms with Gasteiger partial charge in [-0.25, -0.2) is 0 Å². The van der Waals surface area contributed by atoms with Gasteiger partial charge in [-0.2, -0.15) is 0 Å². The lowest BCUT2D eigenvalue weighted by molar-refractivity contribution is -0.143. The predicted molar refractivity (Wildman–Crippen MR) is 72.5 cm³/mol. The zero-order valence-corrected chi connectivity index (χ0v) is 10.5. The van der Waals surface area contributed by atoms with E-state index < -0.39 is 12.0 Å². The summed E-state index contributed by atoms with van der Waals surface area (Å²) in [6.45, 7) is 1.36. The van der Waals surface area contributed by atoms with Gasteiger partial charge in [0.2, 0.25) is 0 Å². The third kappa shape index (κ3) is 2.25. The van der Waals surface area contributed by atoms with Gasteiger partial charge in [0.1, 0.15) is 6.04 Å². The lowest BCUT2D eigenvalue weighted by Crippen LogP contribution is -2.27. The summed E-state index contributed by atoms with van der Waals surface area (Å²) in [7, 11) is 0. The number of fused-ring (bicyclic) bond motifs is 1. The predicted octanol–water partition coefficient (Wildman–Crippen LogP) is 2.83. The standard InChI is InChI=1S/C16H15NO2/c18-16(19)15-14-9-5-4-8-13(14)11-17(15)10-12-6-2-1-3-7-12/h1-9,15H,10-11H2,(H,18,19)/t15-/m0/s1. The molecule has 3 nitrogen and oxygen atoms in total. The van der Waals surface area contributed by atoms with Gasteiger partial charge in [0, 0.05) is 13.1 Å². The van der Waals surface area contributed by atoms with Gasteiger partial charge >= 0.3 is 5.97 Å². The molecule has 0 aromatic heterocycles. The molecule has 1 aliphatic heterocycles. The molecule has 0 spiro atoms. The summed E-state index contributed by atoms with van der Waals surface area (Å²) in [6.07, 6.45) is 0. The van der Waals surface area contributed by atoms with Crippen LogP contribution in [0.3, 0.4) is 0 Å². The Morgan fingerprint density at radius 3 is 2.53 bits per heavy atom. The highest BCUT2D eigenvalue weighted by Gasteiger charge is 2.34. The Kier molecular flexibility index (Phi) is 3.05. The minimum atomic E-state index is -0.777. The number of aliphatic carboxylic acids is 1. The molecular formula is C16H15NO2. The molecule has 3 rings (SSSR count). The average Bonchev–Trinajstić information content (AvgIpc) is 2.77. The minimum absolute atomic E-state index is 0.531. The first-order chi connectivity index (χ1) is 9.25. The molecule has 0 bridgehead atoms. The van der Waals surface area contributed by atoms with Gasteiger partial charge in [0.15, 0.2) is 0 Å². The second-order valence-electron chi connectivity index (χ2n) is 4.83. The first-order valence-corrected chi connectivity index (χ1v) is 6.34. The smallest absolute Gasteiger partial charge is 0.325 e. The summed E-state index contributed by atoms with van der Waals surface area (Å²) in [6, 6.07) is 17.2. The van der Waals surface area contributed by atoms with E-state index in [1.165, 1.54) is 0 Å². The second-order valence-corrected chi connectivity index (χ2v) is 4.83. The van der Waals surface area contributed by atoms with E-state index in [1.807, 2.05) is 59.5 Å². The molecule has 19 heavy (non-hydrogen) atoms. The van der Waals surface area contributed by atoms with Crippen LogP contribution in [-0.4, -0.2) is 16.0 Å². The number of rotatable bonds is 3. The van der Waals surface area contributed by atoms with Crippen molar-refractivity contribution >= 4 is 5.97 Å². The molecule has 96 valence electrons. The second kappa shape index (κ2) is 4.86. The van der Waals surface area contributed by atoms with Crippen molar-refractivity contribution in [1.82, 2.24) is 4.90 Å². The van der Waals surface area contributed by atoms with E-state index in [-0.39, 0.29) is 0 Å². The summed E-state index contributed by atoms with van der Waals surface area (Å²) in [4.78, 5) is 13.5. The molecule has 0 fully saturated rings. The first-order valence-electron chi connectivity index (χ1n) is 6.34. The van der Waals surface area contributed by atoms with Crippen LogP contribution in [-0.2, 0) is 17.9 Å². The van der Waals surface area contributed by atoms with Gasteiger partial charge in [0.25, 0.3) is 0 Å². The van der Waals surface area contributed by atoms with Crippen LogP contribution < -0.4 is 0 Å². The third-order valence-corrected chi connectivity index (χ3v) is 3.55. The number of carboxylic acids is 1. The molecule has 0 saturated carbocycles. The number of nitrogens with zero attached hydrogens (tertiary/aromatic N) is 1. The Morgan fingerprint density at radius 1 is 1.11 bits per heavy atom. The van der Waals surface area contributed by atoms with Gasteiger partial charge in [0.05, 0.1) is 0 Å². The Balaban J connectivity index is 1.89. The molecule has 0 aliphatic carbocycles. The summed E-state index contributed by atoms with van der Waals surface area (Å²) in [5, 5.41) is 9.47. The molecule has 1 heterocycles. The van der Waals surface area contributed by atoms with Gasteiger partial charge in [-0.15, -0.1) is 0 Å². The zero-order chi connectivity index (χ0) is 13.2. The van der Waals surface area contributed by atoms with Crippen LogP contribution in [0.1, 0.15) is 22.7 Å². The SMILES string of the molecule is O=C(O)[C@@H]1c2ccccc2CN1Cc1ccccc1. The van der Waals surface area contributed by atoms with Gasteiger partial charge in [-0.05, 0) is 16.7 Å². The van der Waals surface area contributed by atoms with Crippen molar-refractivity contribution in [3.63, 3.8) is 0 Å². The molecule has 0 saturated heterocycles.